The van der Waals surface area contributed by atoms with Crippen molar-refractivity contribution in [2.45, 2.75) is 55.4 Å². The van der Waals surface area contributed by atoms with Crippen LogP contribution in [0.25, 0.3) is 0 Å². The van der Waals surface area contributed by atoms with Gasteiger partial charge in [-0.3, -0.25) is 9.98 Å². The van der Waals surface area contributed by atoms with Gasteiger partial charge in [0, 0.05) is 0 Å². The van der Waals surface area contributed by atoms with E-state index in [1.54, 1.807) is 0 Å². The van der Waals surface area contributed by atoms with E-state index in [0.29, 0.717) is 12.4 Å². The van der Waals surface area contributed by atoms with E-state index in [1.807, 2.05) is 13.8 Å². The summed E-state index contributed by atoms with van der Waals surface area (Å²) in [5.41, 5.74) is 11.9. The van der Waals surface area contributed by atoms with Gasteiger partial charge in [0.25, 0.3) is 0 Å². The monoisotopic (exact) mass is 600 g/mol. The SMILES string of the molecule is CC(=Nc1c(C)cc(C)cc1C)C1=NC(C(C)=Nc2c(C)cc(C)cc2C)=NC1.[Br][Fe][Br]. The molecule has 0 aliphatic carbocycles. The summed E-state index contributed by atoms with van der Waals surface area (Å²) in [5.74, 6) is 0.700. The van der Waals surface area contributed by atoms with Crippen LogP contribution in [0.2, 0.25) is 0 Å². The number of hydrogen-bond donors (Lipinski definition) is 0. The van der Waals surface area contributed by atoms with Gasteiger partial charge in [-0.25, -0.2) is 9.98 Å². The van der Waals surface area contributed by atoms with E-state index in [0.717, 1.165) is 39.9 Å². The van der Waals surface area contributed by atoms with E-state index in [4.69, 9.17) is 15.0 Å². The first-order valence-corrected chi connectivity index (χ1v) is 15.8. The van der Waals surface area contributed by atoms with Crippen molar-refractivity contribution in [2.75, 3.05) is 6.54 Å². The Morgan fingerprint density at radius 1 is 0.750 bits per heavy atom. The quantitative estimate of drug-likeness (QED) is 0.252. The molecule has 0 saturated heterocycles. The third kappa shape index (κ3) is 7.05. The van der Waals surface area contributed by atoms with Gasteiger partial charge in [-0.1, -0.05) is 35.4 Å². The molecule has 0 spiro atoms. The Hall–Kier alpha value is -1.40. The van der Waals surface area contributed by atoms with E-state index < -0.39 is 0 Å². The second kappa shape index (κ2) is 12.2. The van der Waals surface area contributed by atoms with Crippen molar-refractivity contribution < 1.29 is 11.3 Å². The summed E-state index contributed by atoms with van der Waals surface area (Å²) in [7, 11) is 0. The normalized spacial score (nSPS) is 14.2. The van der Waals surface area contributed by atoms with Gasteiger partial charge in [0.2, 0.25) is 0 Å². The Morgan fingerprint density at radius 3 is 1.53 bits per heavy atom. The minimum absolute atomic E-state index is 0.549. The van der Waals surface area contributed by atoms with Gasteiger partial charge in [-0.05, 0) is 77.6 Å². The zero-order chi connectivity index (χ0) is 24.0. The van der Waals surface area contributed by atoms with Crippen LogP contribution in [0.3, 0.4) is 0 Å². The molecule has 0 radical (unpaired) electrons. The van der Waals surface area contributed by atoms with Crippen molar-refractivity contribution in [1.82, 2.24) is 0 Å². The molecule has 3 rings (SSSR count). The molecule has 172 valence electrons. The predicted octanol–water partition coefficient (Wildman–Crippen LogP) is 7.96. The maximum absolute atomic E-state index is 4.87. The van der Waals surface area contributed by atoms with Gasteiger partial charge in [0.05, 0.1) is 35.1 Å². The van der Waals surface area contributed by atoms with Crippen molar-refractivity contribution in [3.63, 3.8) is 0 Å². The second-order valence-corrected chi connectivity index (χ2v) is 13.7. The van der Waals surface area contributed by atoms with Crippen LogP contribution in [0.4, 0.5) is 11.4 Å². The molecule has 0 unspecified atom stereocenters. The molecule has 0 atom stereocenters. The minimum atomic E-state index is 0.549. The molecule has 4 nitrogen and oxygen atoms in total. The maximum atomic E-state index is 4.87. The predicted molar refractivity (Wildman–Crippen MR) is 144 cm³/mol. The van der Waals surface area contributed by atoms with Crippen molar-refractivity contribution in [2.24, 2.45) is 20.0 Å². The van der Waals surface area contributed by atoms with Gasteiger partial charge >= 0.3 is 39.6 Å². The van der Waals surface area contributed by atoms with Gasteiger partial charge in [-0.15, -0.1) is 0 Å². The van der Waals surface area contributed by atoms with E-state index in [1.165, 1.54) is 33.4 Å². The molecule has 0 amide bonds. The Labute approximate surface area is 212 Å². The number of aryl methyl sites for hydroxylation is 6. The number of rotatable bonds is 4. The zero-order valence-corrected chi connectivity index (χ0v) is 24.2. The van der Waals surface area contributed by atoms with Crippen LogP contribution in [0.1, 0.15) is 47.2 Å². The summed E-state index contributed by atoms with van der Waals surface area (Å²) in [5, 5.41) is 0. The van der Waals surface area contributed by atoms with Crippen LogP contribution in [0.5, 0.6) is 0 Å². The van der Waals surface area contributed by atoms with Crippen molar-refractivity contribution in [3.05, 3.63) is 57.6 Å². The molecule has 2 aromatic carbocycles. The summed E-state index contributed by atoms with van der Waals surface area (Å²) in [6.45, 7) is 17.2. The van der Waals surface area contributed by atoms with Crippen LogP contribution in [0, 0.1) is 41.5 Å². The van der Waals surface area contributed by atoms with Gasteiger partial charge in [-0.2, -0.15) is 0 Å². The average molecular weight is 602 g/mol. The number of aliphatic imine (C=N–C) groups is 4. The molecular weight excluding hydrogens is 572 g/mol. The van der Waals surface area contributed by atoms with Crippen LogP contribution in [0.15, 0.2) is 44.2 Å². The number of nitrogens with zero attached hydrogens (tertiary/aromatic N) is 4. The van der Waals surface area contributed by atoms with E-state index in [2.05, 4.69) is 99.0 Å². The Morgan fingerprint density at radius 2 is 1.12 bits per heavy atom. The summed E-state index contributed by atoms with van der Waals surface area (Å²) < 4.78 is 0. The molecule has 0 fully saturated rings. The molecule has 2 aromatic rings. The molecular formula is C25H30Br2FeN4. The topological polar surface area (TPSA) is 49.4 Å². The van der Waals surface area contributed by atoms with Crippen LogP contribution < -0.4 is 0 Å². The van der Waals surface area contributed by atoms with E-state index in [9.17, 15) is 0 Å². The van der Waals surface area contributed by atoms with Crippen LogP contribution >= 0.6 is 28.2 Å². The molecule has 7 heteroatoms. The first-order chi connectivity index (χ1) is 15.1. The summed E-state index contributed by atoms with van der Waals surface area (Å²) in [4.78, 5) is 19.1. The third-order valence-electron chi connectivity index (χ3n) is 5.19. The standard InChI is InChI=1S/C25H30N4.2BrH.Fe/c1-14-9-16(3)23(17(4)10-14)27-20(7)22-13-26-25(29-22)21(8)28-24-18(5)11-15(2)12-19(24)6;;;/h9-12H,13H2,1-8H3;2*1H;/q;;;+2/p-2. The number of benzene rings is 2. The first-order valence-electron chi connectivity index (χ1n) is 10.3. The Balaban J connectivity index is 0.00000114. The van der Waals surface area contributed by atoms with Crippen LogP contribution in [-0.2, 0) is 11.3 Å². The van der Waals surface area contributed by atoms with Gasteiger partial charge in [0.15, 0.2) is 5.84 Å². The summed E-state index contributed by atoms with van der Waals surface area (Å²) >= 11 is 7.00. The molecule has 1 aliphatic heterocycles. The zero-order valence-electron chi connectivity index (χ0n) is 19.9. The fraction of sp³-hybridized carbons (Fsp3) is 0.360. The number of hydrogen-bond acceptors (Lipinski definition) is 4. The molecule has 0 bridgehead atoms. The van der Waals surface area contributed by atoms with Crippen molar-refractivity contribution in [1.29, 1.82) is 0 Å². The summed E-state index contributed by atoms with van der Waals surface area (Å²) in [6.07, 6.45) is 0. The van der Waals surface area contributed by atoms with Crippen molar-refractivity contribution >= 4 is 62.6 Å². The number of amidine groups is 1. The molecule has 32 heavy (non-hydrogen) atoms. The second-order valence-electron chi connectivity index (χ2n) is 8.14. The molecule has 0 saturated carbocycles. The fourth-order valence-electron chi connectivity index (χ4n) is 3.89. The van der Waals surface area contributed by atoms with E-state index >= 15 is 0 Å². The third-order valence-corrected chi connectivity index (χ3v) is 5.19. The van der Waals surface area contributed by atoms with Crippen molar-refractivity contribution in [3.8, 4) is 0 Å². The van der Waals surface area contributed by atoms with Crippen LogP contribution in [-0.4, -0.2) is 29.5 Å². The average Bonchev–Trinajstić information content (AvgIpc) is 3.18. The molecule has 0 N–H and O–H groups in total. The molecule has 0 aromatic heterocycles. The van der Waals surface area contributed by atoms with Gasteiger partial charge in [0.1, 0.15) is 0 Å². The Bertz CT molecular complexity index is 1080. The number of halogens is 2. The molecule has 1 aliphatic rings. The Kier molecular flexibility index (Phi) is 10.2. The summed E-state index contributed by atoms with van der Waals surface area (Å²) in [6, 6.07) is 8.65. The molecule has 1 heterocycles. The van der Waals surface area contributed by atoms with Gasteiger partial charge < -0.3 is 0 Å². The first kappa shape index (κ1) is 26.8. The van der Waals surface area contributed by atoms with E-state index in [-0.39, 0.29) is 0 Å². The fourth-order valence-corrected chi connectivity index (χ4v) is 3.89.